The summed E-state index contributed by atoms with van der Waals surface area (Å²) in [5.74, 6) is 0.0415. The van der Waals surface area contributed by atoms with Crippen molar-refractivity contribution in [2.45, 2.75) is 26.7 Å². The minimum Gasteiger partial charge on any atom is -0.315 e. The molecule has 2 aromatic heterocycles. The van der Waals surface area contributed by atoms with Crippen molar-refractivity contribution in [3.63, 3.8) is 0 Å². The Labute approximate surface area is 165 Å². The van der Waals surface area contributed by atoms with E-state index in [0.717, 1.165) is 27.9 Å². The van der Waals surface area contributed by atoms with E-state index in [2.05, 4.69) is 9.97 Å². The number of rotatable bonds is 6. The molecule has 5 nitrogen and oxygen atoms in total. The number of aromatic nitrogens is 2. The van der Waals surface area contributed by atoms with Gasteiger partial charge in [-0.1, -0.05) is 25.1 Å². The molecule has 3 rings (SSSR count). The number of ketones is 1. The number of anilines is 1. The van der Waals surface area contributed by atoms with E-state index in [9.17, 15) is 9.59 Å². The second-order valence-corrected chi connectivity index (χ2v) is 6.70. The molecular formula is C23H23N3O2. The lowest BCUT2D eigenvalue weighted by Crippen LogP contribution is -2.25. The average molecular weight is 373 g/mol. The molecule has 0 atom stereocenters. The molecular weight excluding hydrogens is 350 g/mol. The summed E-state index contributed by atoms with van der Waals surface area (Å²) in [7, 11) is 1.79. The molecule has 0 aliphatic carbocycles. The third kappa shape index (κ3) is 4.31. The van der Waals surface area contributed by atoms with E-state index in [-0.39, 0.29) is 18.1 Å². The second kappa shape index (κ2) is 8.57. The van der Waals surface area contributed by atoms with Gasteiger partial charge in [0.1, 0.15) is 5.69 Å². The van der Waals surface area contributed by atoms with Gasteiger partial charge in [0.2, 0.25) is 5.91 Å². The van der Waals surface area contributed by atoms with E-state index in [1.807, 2.05) is 50.2 Å². The molecule has 0 N–H and O–H groups in total. The number of pyridine rings is 2. The monoisotopic (exact) mass is 373 g/mol. The number of hydrogen-bond donors (Lipinski definition) is 0. The fourth-order valence-corrected chi connectivity index (χ4v) is 3.09. The van der Waals surface area contributed by atoms with Crippen LogP contribution in [0.1, 0.15) is 35.0 Å². The summed E-state index contributed by atoms with van der Waals surface area (Å²) in [6.07, 6.45) is 5.84. The molecule has 0 unspecified atom stereocenters. The highest BCUT2D eigenvalue weighted by atomic mass is 16.2. The fraction of sp³-hybridized carbons (Fsp3) is 0.217. The Kier molecular flexibility index (Phi) is 5.94. The maximum Gasteiger partial charge on any atom is 0.226 e. The summed E-state index contributed by atoms with van der Waals surface area (Å²) in [5, 5.41) is 0. The van der Waals surface area contributed by atoms with Gasteiger partial charge in [0.05, 0.1) is 0 Å². The summed E-state index contributed by atoms with van der Waals surface area (Å²) >= 11 is 0. The lowest BCUT2D eigenvalue weighted by atomic mass is 10.0. The number of carbonyl (C=O) groups is 2. The van der Waals surface area contributed by atoms with Crippen LogP contribution in [0.2, 0.25) is 0 Å². The lowest BCUT2D eigenvalue weighted by Gasteiger charge is -2.19. The second-order valence-electron chi connectivity index (χ2n) is 6.70. The predicted molar refractivity (Wildman–Crippen MR) is 110 cm³/mol. The molecule has 0 aliphatic rings. The van der Waals surface area contributed by atoms with Crippen molar-refractivity contribution >= 4 is 17.4 Å². The van der Waals surface area contributed by atoms with Gasteiger partial charge in [0.25, 0.3) is 0 Å². The van der Waals surface area contributed by atoms with Gasteiger partial charge in [-0.15, -0.1) is 0 Å². The maximum absolute atomic E-state index is 12.4. The van der Waals surface area contributed by atoms with Gasteiger partial charge in [-0.05, 0) is 47.9 Å². The molecule has 0 saturated carbocycles. The van der Waals surface area contributed by atoms with Crippen molar-refractivity contribution in [3.8, 4) is 11.1 Å². The molecule has 0 aliphatic heterocycles. The molecule has 5 heteroatoms. The Morgan fingerprint density at radius 1 is 1.04 bits per heavy atom. The van der Waals surface area contributed by atoms with Gasteiger partial charge in [-0.2, -0.15) is 0 Å². The number of aryl methyl sites for hydroxylation is 1. The highest BCUT2D eigenvalue weighted by Gasteiger charge is 2.13. The van der Waals surface area contributed by atoms with Crippen molar-refractivity contribution < 1.29 is 9.59 Å². The van der Waals surface area contributed by atoms with E-state index in [4.69, 9.17) is 0 Å². The largest absolute Gasteiger partial charge is 0.315 e. The lowest BCUT2D eigenvalue weighted by molar-refractivity contribution is -0.118. The van der Waals surface area contributed by atoms with Crippen molar-refractivity contribution in [2.75, 3.05) is 11.9 Å². The van der Waals surface area contributed by atoms with Gasteiger partial charge in [-0.25, -0.2) is 0 Å². The number of hydrogen-bond acceptors (Lipinski definition) is 4. The van der Waals surface area contributed by atoms with Crippen molar-refractivity contribution in [2.24, 2.45) is 0 Å². The van der Waals surface area contributed by atoms with Gasteiger partial charge in [0, 0.05) is 49.7 Å². The smallest absolute Gasteiger partial charge is 0.226 e. The standard InChI is InChI=1S/C23H23N3O2/c1-4-23(28)26(3)21-10-8-18(12-16(21)2)19-7-9-20(25-15-19)22(27)13-17-6-5-11-24-14-17/h5-12,14-15H,4,13H2,1-3H3. The zero-order valence-electron chi connectivity index (χ0n) is 16.3. The minimum atomic E-state index is -0.0363. The SMILES string of the molecule is CCC(=O)N(C)c1ccc(-c2ccc(C(=O)Cc3cccnc3)nc2)cc1C. The van der Waals surface area contributed by atoms with Crippen LogP contribution in [-0.4, -0.2) is 28.7 Å². The van der Waals surface area contributed by atoms with Crippen LogP contribution in [0.3, 0.4) is 0 Å². The zero-order chi connectivity index (χ0) is 20.1. The first-order chi connectivity index (χ1) is 13.5. The molecule has 0 spiro atoms. The van der Waals surface area contributed by atoms with Crippen LogP contribution in [0, 0.1) is 6.92 Å². The Bertz CT molecular complexity index is 982. The molecule has 2 heterocycles. The van der Waals surface area contributed by atoms with Gasteiger partial charge < -0.3 is 4.90 Å². The minimum absolute atomic E-state index is 0.0363. The van der Waals surface area contributed by atoms with Crippen LogP contribution < -0.4 is 4.90 Å². The molecule has 0 saturated heterocycles. The van der Waals surface area contributed by atoms with Crippen LogP contribution in [0.25, 0.3) is 11.1 Å². The molecule has 1 amide bonds. The zero-order valence-corrected chi connectivity index (χ0v) is 16.3. The number of nitrogens with zero attached hydrogens (tertiary/aromatic N) is 3. The Hall–Kier alpha value is -3.34. The van der Waals surface area contributed by atoms with Crippen LogP contribution in [0.4, 0.5) is 5.69 Å². The van der Waals surface area contributed by atoms with Crippen molar-refractivity contribution in [1.29, 1.82) is 0 Å². The normalized spacial score (nSPS) is 10.5. The van der Waals surface area contributed by atoms with Crippen LogP contribution in [0.5, 0.6) is 0 Å². The van der Waals surface area contributed by atoms with E-state index >= 15 is 0 Å². The predicted octanol–water partition coefficient (Wildman–Crippen LogP) is 4.25. The highest BCUT2D eigenvalue weighted by Crippen LogP contribution is 2.27. The van der Waals surface area contributed by atoms with E-state index in [1.165, 1.54) is 0 Å². The van der Waals surface area contributed by atoms with E-state index < -0.39 is 0 Å². The molecule has 0 radical (unpaired) electrons. The molecule has 0 fully saturated rings. The summed E-state index contributed by atoms with van der Waals surface area (Å²) < 4.78 is 0. The number of amides is 1. The van der Waals surface area contributed by atoms with Crippen molar-refractivity contribution in [3.05, 3.63) is 77.9 Å². The summed E-state index contributed by atoms with van der Waals surface area (Å²) in [6.45, 7) is 3.84. The highest BCUT2D eigenvalue weighted by molar-refractivity contribution is 5.96. The summed E-state index contributed by atoms with van der Waals surface area (Å²) in [4.78, 5) is 34.4. The van der Waals surface area contributed by atoms with Crippen LogP contribution >= 0.6 is 0 Å². The number of carbonyl (C=O) groups excluding carboxylic acids is 2. The first-order valence-corrected chi connectivity index (χ1v) is 9.25. The number of benzene rings is 1. The quantitative estimate of drug-likeness (QED) is 0.606. The first kappa shape index (κ1) is 19.4. The Morgan fingerprint density at radius 2 is 1.82 bits per heavy atom. The molecule has 28 heavy (non-hydrogen) atoms. The van der Waals surface area contributed by atoms with Gasteiger partial charge >= 0.3 is 0 Å². The van der Waals surface area contributed by atoms with E-state index in [1.54, 1.807) is 36.6 Å². The summed E-state index contributed by atoms with van der Waals surface area (Å²) in [5.41, 5.74) is 5.14. The van der Waals surface area contributed by atoms with E-state index in [0.29, 0.717) is 12.1 Å². The Balaban J connectivity index is 1.77. The van der Waals surface area contributed by atoms with Crippen molar-refractivity contribution in [1.82, 2.24) is 9.97 Å². The average Bonchev–Trinajstić information content (AvgIpc) is 2.73. The first-order valence-electron chi connectivity index (χ1n) is 9.25. The van der Waals surface area contributed by atoms with Crippen LogP contribution in [0.15, 0.2) is 61.1 Å². The molecule has 1 aromatic carbocycles. The molecule has 0 bridgehead atoms. The molecule has 3 aromatic rings. The molecule has 142 valence electrons. The third-order valence-corrected chi connectivity index (χ3v) is 4.70. The third-order valence-electron chi connectivity index (χ3n) is 4.70. The number of Topliss-reactive ketones (excluding diaryl/α,β-unsaturated/α-hetero) is 1. The fourth-order valence-electron chi connectivity index (χ4n) is 3.09. The van der Waals surface area contributed by atoms with Crippen LogP contribution in [-0.2, 0) is 11.2 Å². The maximum atomic E-state index is 12.4. The summed E-state index contributed by atoms with van der Waals surface area (Å²) in [6, 6.07) is 13.3. The Morgan fingerprint density at radius 3 is 2.43 bits per heavy atom. The van der Waals surface area contributed by atoms with Gasteiger partial charge in [-0.3, -0.25) is 19.6 Å². The van der Waals surface area contributed by atoms with Gasteiger partial charge in [0.15, 0.2) is 5.78 Å². The topological polar surface area (TPSA) is 63.2 Å².